The molecule has 2 aromatic carbocycles. The van der Waals surface area contributed by atoms with Crippen LogP contribution in [0, 0.1) is 0 Å². The Labute approximate surface area is 153 Å². The molecule has 0 radical (unpaired) electrons. The van der Waals surface area contributed by atoms with Crippen molar-refractivity contribution in [3.63, 3.8) is 0 Å². The van der Waals surface area contributed by atoms with E-state index in [0.29, 0.717) is 31.0 Å². The van der Waals surface area contributed by atoms with E-state index in [1.807, 2.05) is 42.5 Å². The van der Waals surface area contributed by atoms with E-state index in [0.717, 1.165) is 11.3 Å². The highest BCUT2D eigenvalue weighted by Crippen LogP contribution is 2.17. The number of benzene rings is 2. The summed E-state index contributed by atoms with van der Waals surface area (Å²) >= 11 is 0. The highest BCUT2D eigenvalue weighted by molar-refractivity contribution is 5.94. The fraction of sp³-hybridized carbons (Fsp3) is 0.136. The van der Waals surface area contributed by atoms with Gasteiger partial charge in [0.25, 0.3) is 5.91 Å². The van der Waals surface area contributed by atoms with E-state index in [-0.39, 0.29) is 5.91 Å². The van der Waals surface area contributed by atoms with Crippen LogP contribution in [0.4, 0.5) is 0 Å². The molecule has 0 aliphatic carbocycles. The lowest BCUT2D eigenvalue weighted by Crippen LogP contribution is -2.30. The Kier molecular flexibility index (Phi) is 5.88. The Hall–Kier alpha value is -3.27. The Morgan fingerprint density at radius 1 is 1.00 bits per heavy atom. The van der Waals surface area contributed by atoms with Crippen LogP contribution in [0.1, 0.15) is 21.7 Å². The molecule has 1 heterocycles. The van der Waals surface area contributed by atoms with E-state index in [4.69, 9.17) is 9.15 Å². The average molecular weight is 347 g/mol. The van der Waals surface area contributed by atoms with Gasteiger partial charge in [-0.3, -0.25) is 4.79 Å². The third-order valence-electron chi connectivity index (χ3n) is 3.90. The smallest absolute Gasteiger partial charge is 0.254 e. The molecule has 0 bridgehead atoms. The minimum Gasteiger partial charge on any atom is -0.490 e. The Morgan fingerprint density at radius 3 is 2.42 bits per heavy atom. The minimum atomic E-state index is -0.0551. The summed E-state index contributed by atoms with van der Waals surface area (Å²) in [5, 5.41) is 0. The zero-order valence-electron chi connectivity index (χ0n) is 14.5. The number of furan rings is 1. The SMILES string of the molecule is C=CCOc1ccc(C(=O)N(Cc2ccccc2)Cc2ccco2)cc1. The fourth-order valence-corrected chi connectivity index (χ4v) is 2.63. The maximum Gasteiger partial charge on any atom is 0.254 e. The van der Waals surface area contributed by atoms with Gasteiger partial charge in [-0.05, 0) is 42.0 Å². The van der Waals surface area contributed by atoms with Gasteiger partial charge in [-0.15, -0.1) is 0 Å². The van der Waals surface area contributed by atoms with Crippen LogP contribution in [0.2, 0.25) is 0 Å². The van der Waals surface area contributed by atoms with Crippen molar-refractivity contribution in [3.05, 3.63) is 103 Å². The standard InChI is InChI=1S/C22H21NO3/c1-2-14-25-20-12-10-19(11-13-20)22(24)23(17-21-9-6-15-26-21)16-18-7-4-3-5-8-18/h2-13,15H,1,14,16-17H2. The molecule has 1 aromatic heterocycles. The van der Waals surface area contributed by atoms with Gasteiger partial charge in [0, 0.05) is 12.1 Å². The zero-order valence-corrected chi connectivity index (χ0v) is 14.5. The first-order valence-corrected chi connectivity index (χ1v) is 8.45. The van der Waals surface area contributed by atoms with Crippen LogP contribution in [0.25, 0.3) is 0 Å². The van der Waals surface area contributed by atoms with Crippen molar-refractivity contribution >= 4 is 5.91 Å². The molecule has 3 aromatic rings. The monoisotopic (exact) mass is 347 g/mol. The van der Waals surface area contributed by atoms with Crippen LogP contribution >= 0.6 is 0 Å². The van der Waals surface area contributed by atoms with Gasteiger partial charge in [-0.1, -0.05) is 43.0 Å². The third-order valence-corrected chi connectivity index (χ3v) is 3.90. The van der Waals surface area contributed by atoms with Gasteiger partial charge in [0.2, 0.25) is 0 Å². The number of hydrogen-bond donors (Lipinski definition) is 0. The maximum atomic E-state index is 13.0. The molecule has 0 saturated carbocycles. The summed E-state index contributed by atoms with van der Waals surface area (Å²) in [5.41, 5.74) is 1.68. The predicted octanol–water partition coefficient (Wildman–Crippen LogP) is 4.69. The van der Waals surface area contributed by atoms with E-state index in [2.05, 4.69) is 6.58 Å². The summed E-state index contributed by atoms with van der Waals surface area (Å²) in [5.74, 6) is 1.41. The van der Waals surface area contributed by atoms with Gasteiger partial charge in [-0.2, -0.15) is 0 Å². The minimum absolute atomic E-state index is 0.0551. The molecule has 0 aliphatic rings. The molecule has 0 saturated heterocycles. The molecule has 26 heavy (non-hydrogen) atoms. The summed E-state index contributed by atoms with van der Waals surface area (Å²) in [6.45, 7) is 4.98. The molecule has 0 N–H and O–H groups in total. The Morgan fingerprint density at radius 2 is 1.77 bits per heavy atom. The Bertz CT molecular complexity index is 824. The van der Waals surface area contributed by atoms with Gasteiger partial charge < -0.3 is 14.1 Å². The molecule has 0 unspecified atom stereocenters. The molecule has 0 spiro atoms. The topological polar surface area (TPSA) is 42.7 Å². The highest BCUT2D eigenvalue weighted by atomic mass is 16.5. The van der Waals surface area contributed by atoms with Crippen LogP contribution in [0.5, 0.6) is 5.75 Å². The van der Waals surface area contributed by atoms with E-state index in [1.165, 1.54) is 0 Å². The third kappa shape index (κ3) is 4.63. The predicted molar refractivity (Wildman–Crippen MR) is 101 cm³/mol. The number of amides is 1. The summed E-state index contributed by atoms with van der Waals surface area (Å²) in [6, 6.07) is 20.8. The normalized spacial score (nSPS) is 10.3. The van der Waals surface area contributed by atoms with Crippen LogP contribution in [0.15, 0.2) is 90.1 Å². The number of carbonyl (C=O) groups is 1. The molecular formula is C22H21NO3. The molecule has 4 heteroatoms. The number of rotatable bonds is 8. The highest BCUT2D eigenvalue weighted by Gasteiger charge is 2.18. The van der Waals surface area contributed by atoms with Crippen molar-refractivity contribution in [2.24, 2.45) is 0 Å². The zero-order chi connectivity index (χ0) is 18.2. The molecule has 132 valence electrons. The van der Waals surface area contributed by atoms with Crippen LogP contribution < -0.4 is 4.74 Å². The molecule has 0 atom stereocenters. The van der Waals surface area contributed by atoms with Crippen LogP contribution in [-0.2, 0) is 13.1 Å². The van der Waals surface area contributed by atoms with Crippen molar-refractivity contribution in [1.82, 2.24) is 4.90 Å². The fourth-order valence-electron chi connectivity index (χ4n) is 2.63. The number of hydrogen-bond acceptors (Lipinski definition) is 3. The van der Waals surface area contributed by atoms with Crippen molar-refractivity contribution in [1.29, 1.82) is 0 Å². The average Bonchev–Trinajstić information content (AvgIpc) is 3.20. The van der Waals surface area contributed by atoms with Crippen LogP contribution in [-0.4, -0.2) is 17.4 Å². The first-order chi connectivity index (χ1) is 12.8. The summed E-state index contributed by atoms with van der Waals surface area (Å²) in [4.78, 5) is 14.8. The summed E-state index contributed by atoms with van der Waals surface area (Å²) < 4.78 is 10.9. The molecule has 0 fully saturated rings. The van der Waals surface area contributed by atoms with Gasteiger partial charge in [0.1, 0.15) is 18.1 Å². The number of nitrogens with zero attached hydrogens (tertiary/aromatic N) is 1. The second-order valence-electron chi connectivity index (χ2n) is 5.85. The van der Waals surface area contributed by atoms with E-state index < -0.39 is 0 Å². The maximum absolute atomic E-state index is 13.0. The van der Waals surface area contributed by atoms with Gasteiger partial charge >= 0.3 is 0 Å². The molecule has 3 rings (SSSR count). The van der Waals surface area contributed by atoms with E-state index in [9.17, 15) is 4.79 Å². The Balaban J connectivity index is 1.78. The van der Waals surface area contributed by atoms with Gasteiger partial charge in [0.05, 0.1) is 12.8 Å². The van der Waals surface area contributed by atoms with Crippen molar-refractivity contribution in [3.8, 4) is 5.75 Å². The second kappa shape index (κ2) is 8.72. The first-order valence-electron chi connectivity index (χ1n) is 8.45. The number of ether oxygens (including phenoxy) is 1. The van der Waals surface area contributed by atoms with Gasteiger partial charge in [0.15, 0.2) is 0 Å². The van der Waals surface area contributed by atoms with E-state index in [1.54, 1.807) is 41.5 Å². The molecule has 1 amide bonds. The second-order valence-corrected chi connectivity index (χ2v) is 5.85. The lowest BCUT2D eigenvalue weighted by Gasteiger charge is -2.22. The molecule has 4 nitrogen and oxygen atoms in total. The summed E-state index contributed by atoms with van der Waals surface area (Å²) in [7, 11) is 0. The summed E-state index contributed by atoms with van der Waals surface area (Å²) in [6.07, 6.45) is 3.30. The largest absolute Gasteiger partial charge is 0.490 e. The molecular weight excluding hydrogens is 326 g/mol. The van der Waals surface area contributed by atoms with Crippen LogP contribution in [0.3, 0.4) is 0 Å². The first kappa shape index (κ1) is 17.5. The van der Waals surface area contributed by atoms with Gasteiger partial charge in [-0.25, -0.2) is 0 Å². The quantitative estimate of drug-likeness (QED) is 0.555. The van der Waals surface area contributed by atoms with Crippen molar-refractivity contribution in [2.45, 2.75) is 13.1 Å². The van der Waals surface area contributed by atoms with Crippen molar-refractivity contribution in [2.75, 3.05) is 6.61 Å². The lowest BCUT2D eigenvalue weighted by atomic mass is 10.1. The lowest BCUT2D eigenvalue weighted by molar-refractivity contribution is 0.0717. The van der Waals surface area contributed by atoms with Crippen molar-refractivity contribution < 1.29 is 13.9 Å². The molecule has 0 aliphatic heterocycles. The number of carbonyl (C=O) groups excluding carboxylic acids is 1. The van der Waals surface area contributed by atoms with E-state index >= 15 is 0 Å².